The lowest BCUT2D eigenvalue weighted by Crippen LogP contribution is -2.13. The molecule has 1 unspecified atom stereocenters. The molecule has 0 saturated carbocycles. The minimum absolute atomic E-state index is 0.320. The highest BCUT2D eigenvalue weighted by Gasteiger charge is 2.15. The first-order valence-electron chi connectivity index (χ1n) is 5.14. The molecule has 0 bridgehead atoms. The molecule has 2 rings (SSSR count). The fourth-order valence-electron chi connectivity index (χ4n) is 1.64. The molecule has 0 amide bonds. The smallest absolute Gasteiger partial charge is 0.128 e. The molecule has 2 aromatic rings. The van der Waals surface area contributed by atoms with Crippen LogP contribution in [0.5, 0.6) is 0 Å². The topological polar surface area (TPSA) is 26.0 Å². The molecule has 0 spiro atoms. The summed E-state index contributed by atoms with van der Waals surface area (Å²) in [6, 6.07) is 8.58. The highest BCUT2D eigenvalue weighted by Crippen LogP contribution is 2.29. The third kappa shape index (κ3) is 2.78. The summed E-state index contributed by atoms with van der Waals surface area (Å²) in [5, 5.41) is 1.24. The molecule has 0 saturated heterocycles. The van der Waals surface area contributed by atoms with Crippen molar-refractivity contribution in [2.45, 2.75) is 6.04 Å². The summed E-state index contributed by atoms with van der Waals surface area (Å²) < 4.78 is 13.7. The highest BCUT2D eigenvalue weighted by atomic mass is 35.5. The van der Waals surface area contributed by atoms with Gasteiger partial charge in [-0.1, -0.05) is 40.9 Å². The van der Waals surface area contributed by atoms with E-state index in [-0.39, 0.29) is 0 Å². The van der Waals surface area contributed by atoms with Gasteiger partial charge in [0.1, 0.15) is 5.82 Å². The van der Waals surface area contributed by atoms with E-state index in [9.17, 15) is 4.39 Å². The van der Waals surface area contributed by atoms with Crippen LogP contribution in [0.3, 0.4) is 0 Å². The Morgan fingerprint density at radius 1 is 0.944 bits per heavy atom. The van der Waals surface area contributed by atoms with Crippen LogP contribution in [0.2, 0.25) is 15.1 Å². The predicted octanol–water partition coefficient (Wildman–Crippen LogP) is 4.83. The Morgan fingerprint density at radius 3 is 2.33 bits per heavy atom. The average molecular weight is 305 g/mol. The van der Waals surface area contributed by atoms with Gasteiger partial charge in [0.05, 0.1) is 16.1 Å². The maximum absolute atomic E-state index is 13.7. The van der Waals surface area contributed by atoms with Crippen LogP contribution >= 0.6 is 34.8 Å². The zero-order chi connectivity index (χ0) is 13.3. The number of hydrogen-bond acceptors (Lipinski definition) is 1. The normalized spacial score (nSPS) is 12.5. The van der Waals surface area contributed by atoms with Crippen LogP contribution in [0.4, 0.5) is 4.39 Å². The van der Waals surface area contributed by atoms with Crippen LogP contribution in [-0.2, 0) is 0 Å². The van der Waals surface area contributed by atoms with Gasteiger partial charge in [-0.15, -0.1) is 0 Å². The number of rotatable bonds is 2. The van der Waals surface area contributed by atoms with Gasteiger partial charge < -0.3 is 5.73 Å². The Hall–Kier alpha value is -0.800. The first-order valence-corrected chi connectivity index (χ1v) is 6.28. The second-order valence-corrected chi connectivity index (χ2v) is 5.07. The van der Waals surface area contributed by atoms with Crippen LogP contribution < -0.4 is 5.73 Å². The molecule has 94 valence electrons. The van der Waals surface area contributed by atoms with Crippen molar-refractivity contribution in [2.24, 2.45) is 5.73 Å². The first kappa shape index (κ1) is 13.6. The number of nitrogens with two attached hydrogens (primary N) is 1. The van der Waals surface area contributed by atoms with Crippen molar-refractivity contribution in [2.75, 3.05) is 0 Å². The summed E-state index contributed by atoms with van der Waals surface area (Å²) in [5.74, 6) is -0.405. The van der Waals surface area contributed by atoms with Gasteiger partial charge >= 0.3 is 0 Å². The Balaban J connectivity index is 2.44. The van der Waals surface area contributed by atoms with E-state index in [0.29, 0.717) is 26.2 Å². The predicted molar refractivity (Wildman–Crippen MR) is 73.9 cm³/mol. The molecule has 2 aromatic carbocycles. The first-order chi connectivity index (χ1) is 8.49. The highest BCUT2D eigenvalue weighted by molar-refractivity contribution is 6.42. The summed E-state index contributed by atoms with van der Waals surface area (Å²) in [5.41, 5.74) is 7.00. The Morgan fingerprint density at radius 2 is 1.67 bits per heavy atom. The molecule has 0 heterocycles. The Labute approximate surface area is 119 Å². The van der Waals surface area contributed by atoms with Gasteiger partial charge in [0.15, 0.2) is 0 Å². The van der Waals surface area contributed by atoms with Crippen LogP contribution in [0.15, 0.2) is 36.4 Å². The maximum atomic E-state index is 13.7. The van der Waals surface area contributed by atoms with E-state index in [1.165, 1.54) is 18.2 Å². The summed E-state index contributed by atoms with van der Waals surface area (Å²) in [4.78, 5) is 0. The summed E-state index contributed by atoms with van der Waals surface area (Å²) in [6.45, 7) is 0. The van der Waals surface area contributed by atoms with Gasteiger partial charge in [0.2, 0.25) is 0 Å². The van der Waals surface area contributed by atoms with E-state index in [1.54, 1.807) is 18.2 Å². The van der Waals surface area contributed by atoms with Crippen molar-refractivity contribution in [1.29, 1.82) is 0 Å². The molecule has 5 heteroatoms. The van der Waals surface area contributed by atoms with Crippen molar-refractivity contribution >= 4 is 34.8 Å². The molecular weight excluding hydrogens is 296 g/mol. The summed E-state index contributed by atoms with van der Waals surface area (Å²) in [6.07, 6.45) is 0. The zero-order valence-corrected chi connectivity index (χ0v) is 11.4. The van der Waals surface area contributed by atoms with E-state index in [1.807, 2.05) is 0 Å². The zero-order valence-electron chi connectivity index (χ0n) is 9.13. The van der Waals surface area contributed by atoms with E-state index >= 15 is 0 Å². The lowest BCUT2D eigenvalue weighted by molar-refractivity contribution is 0.600. The van der Waals surface area contributed by atoms with E-state index < -0.39 is 11.9 Å². The van der Waals surface area contributed by atoms with Crippen LogP contribution in [0.1, 0.15) is 17.2 Å². The fraction of sp³-hybridized carbons (Fsp3) is 0.0769. The van der Waals surface area contributed by atoms with Crippen molar-refractivity contribution in [3.63, 3.8) is 0 Å². The molecule has 0 aliphatic carbocycles. The van der Waals surface area contributed by atoms with Gasteiger partial charge in [-0.2, -0.15) is 0 Å². The fourth-order valence-corrected chi connectivity index (χ4v) is 2.13. The molecular formula is C13H9Cl3FN. The van der Waals surface area contributed by atoms with Gasteiger partial charge in [0, 0.05) is 10.6 Å². The molecule has 1 atom stereocenters. The molecule has 1 nitrogen and oxygen atoms in total. The third-order valence-corrected chi connectivity index (χ3v) is 3.57. The van der Waals surface area contributed by atoms with Crippen molar-refractivity contribution < 1.29 is 4.39 Å². The largest absolute Gasteiger partial charge is 0.320 e. The SMILES string of the molecule is NC(c1ccc(Cl)c(Cl)c1)c1cc(Cl)ccc1F. The molecule has 0 radical (unpaired) electrons. The van der Waals surface area contributed by atoms with Gasteiger partial charge in [-0.25, -0.2) is 4.39 Å². The van der Waals surface area contributed by atoms with E-state index in [0.717, 1.165) is 0 Å². The number of hydrogen-bond donors (Lipinski definition) is 1. The maximum Gasteiger partial charge on any atom is 0.128 e. The van der Waals surface area contributed by atoms with Crippen LogP contribution in [0, 0.1) is 5.82 Å². The quantitative estimate of drug-likeness (QED) is 0.844. The molecule has 2 N–H and O–H groups in total. The minimum Gasteiger partial charge on any atom is -0.320 e. The van der Waals surface area contributed by atoms with Gasteiger partial charge in [-0.05, 0) is 35.9 Å². The summed E-state index contributed by atoms with van der Waals surface area (Å²) in [7, 11) is 0. The van der Waals surface area contributed by atoms with Crippen LogP contribution in [0.25, 0.3) is 0 Å². The Kier molecular flexibility index (Phi) is 4.13. The molecule has 0 aliphatic rings. The van der Waals surface area contributed by atoms with E-state index in [2.05, 4.69) is 0 Å². The van der Waals surface area contributed by atoms with E-state index in [4.69, 9.17) is 40.5 Å². The standard InChI is InChI=1S/C13H9Cl3FN/c14-8-2-4-12(17)9(6-8)13(18)7-1-3-10(15)11(16)5-7/h1-6,13H,18H2. The lowest BCUT2D eigenvalue weighted by Gasteiger charge is -2.14. The second kappa shape index (κ2) is 5.45. The monoisotopic (exact) mass is 303 g/mol. The lowest BCUT2D eigenvalue weighted by atomic mass is 9.99. The van der Waals surface area contributed by atoms with Crippen molar-refractivity contribution in [1.82, 2.24) is 0 Å². The number of benzene rings is 2. The molecule has 0 fully saturated rings. The number of halogens is 4. The molecule has 18 heavy (non-hydrogen) atoms. The minimum atomic E-state index is -0.640. The van der Waals surface area contributed by atoms with Crippen molar-refractivity contribution in [3.8, 4) is 0 Å². The van der Waals surface area contributed by atoms with Crippen molar-refractivity contribution in [3.05, 3.63) is 68.4 Å². The van der Waals surface area contributed by atoms with Crippen LogP contribution in [-0.4, -0.2) is 0 Å². The summed E-state index contributed by atoms with van der Waals surface area (Å²) >= 11 is 17.6. The molecule has 0 aliphatic heterocycles. The third-order valence-electron chi connectivity index (χ3n) is 2.60. The molecule has 0 aromatic heterocycles. The van der Waals surface area contributed by atoms with Gasteiger partial charge in [-0.3, -0.25) is 0 Å². The second-order valence-electron chi connectivity index (χ2n) is 3.82. The average Bonchev–Trinajstić information content (AvgIpc) is 2.35. The van der Waals surface area contributed by atoms with Gasteiger partial charge in [0.25, 0.3) is 0 Å². The Bertz CT molecular complexity index is 586.